The predicted octanol–water partition coefficient (Wildman–Crippen LogP) is 4.40. The first-order valence-corrected chi connectivity index (χ1v) is 9.74. The van der Waals surface area contributed by atoms with Gasteiger partial charge in [-0.3, -0.25) is 4.68 Å². The maximum absolute atomic E-state index is 4.62. The van der Waals surface area contributed by atoms with Gasteiger partial charge in [-0.25, -0.2) is 9.97 Å². The summed E-state index contributed by atoms with van der Waals surface area (Å²) in [5.74, 6) is 1.06. The highest BCUT2D eigenvalue weighted by Gasteiger charge is 2.23. The van der Waals surface area contributed by atoms with Gasteiger partial charge in [-0.2, -0.15) is 5.10 Å². The number of rotatable bonds is 3. The molecule has 0 amide bonds. The molecule has 0 radical (unpaired) electrons. The number of fused-ring (bicyclic) bond motifs is 1. The van der Waals surface area contributed by atoms with E-state index in [-0.39, 0.29) is 0 Å². The van der Waals surface area contributed by atoms with Crippen LogP contribution in [-0.2, 0) is 0 Å². The van der Waals surface area contributed by atoms with Crippen molar-refractivity contribution in [3.63, 3.8) is 0 Å². The highest BCUT2D eigenvalue weighted by Crippen LogP contribution is 2.37. The highest BCUT2D eigenvalue weighted by atomic mass is 32.1. The van der Waals surface area contributed by atoms with Crippen LogP contribution in [0.2, 0.25) is 0 Å². The molecule has 3 aromatic heterocycles. The molecule has 1 aromatic carbocycles. The van der Waals surface area contributed by atoms with Crippen LogP contribution in [0.3, 0.4) is 0 Å². The quantitative estimate of drug-likeness (QED) is 0.543. The van der Waals surface area contributed by atoms with E-state index in [0.29, 0.717) is 6.04 Å². The zero-order valence-corrected chi connectivity index (χ0v) is 15.1. The first-order valence-electron chi connectivity index (χ1n) is 8.92. The molecule has 0 bridgehead atoms. The number of thiophene rings is 1. The molecule has 0 saturated carbocycles. The second-order valence-electron chi connectivity index (χ2n) is 6.60. The largest absolute Gasteiger partial charge is 0.356 e. The Morgan fingerprint density at radius 1 is 1.00 bits per heavy atom. The summed E-state index contributed by atoms with van der Waals surface area (Å²) < 4.78 is 2.09. The summed E-state index contributed by atoms with van der Waals surface area (Å²) in [4.78, 5) is 13.8. The van der Waals surface area contributed by atoms with Crippen molar-refractivity contribution in [3.05, 3.63) is 61.2 Å². The minimum absolute atomic E-state index is 0.487. The van der Waals surface area contributed by atoms with Gasteiger partial charge in [0.2, 0.25) is 0 Å². The van der Waals surface area contributed by atoms with Crippen LogP contribution in [0.25, 0.3) is 20.7 Å². The second kappa shape index (κ2) is 6.53. The van der Waals surface area contributed by atoms with Gasteiger partial charge in [0.15, 0.2) is 0 Å². The molecule has 1 aliphatic heterocycles. The molecule has 6 heteroatoms. The molecule has 0 aliphatic carbocycles. The van der Waals surface area contributed by atoms with Crippen molar-refractivity contribution >= 4 is 27.4 Å². The van der Waals surface area contributed by atoms with Crippen LogP contribution in [-0.4, -0.2) is 32.8 Å². The van der Waals surface area contributed by atoms with Crippen molar-refractivity contribution in [2.24, 2.45) is 0 Å². The summed E-state index contributed by atoms with van der Waals surface area (Å²) in [6.45, 7) is 1.99. The van der Waals surface area contributed by atoms with Gasteiger partial charge in [0.25, 0.3) is 0 Å². The van der Waals surface area contributed by atoms with Crippen molar-refractivity contribution in [2.75, 3.05) is 18.0 Å². The summed E-state index contributed by atoms with van der Waals surface area (Å²) in [6.07, 6.45) is 7.79. The molecule has 5 nitrogen and oxygen atoms in total. The highest BCUT2D eigenvalue weighted by molar-refractivity contribution is 7.21. The standard InChI is InChI=1S/C20H19N5S/c1-2-5-15(6-3-1)18-13-17-19(21-14-22-20(17)26-18)24-11-7-16(8-12-24)25-10-4-9-23-25/h1-6,9-10,13-14,16H,7-8,11-12H2. The van der Waals surface area contributed by atoms with Gasteiger partial charge in [-0.1, -0.05) is 30.3 Å². The summed E-state index contributed by atoms with van der Waals surface area (Å²) in [6, 6.07) is 15.2. The van der Waals surface area contributed by atoms with E-state index < -0.39 is 0 Å². The van der Waals surface area contributed by atoms with Crippen molar-refractivity contribution in [3.8, 4) is 10.4 Å². The smallest absolute Gasteiger partial charge is 0.140 e. The molecule has 130 valence electrons. The molecule has 1 aliphatic rings. The van der Waals surface area contributed by atoms with Gasteiger partial charge in [0.05, 0.1) is 11.4 Å². The lowest BCUT2D eigenvalue weighted by Crippen LogP contribution is -2.35. The molecule has 0 N–H and O–H groups in total. The number of aromatic nitrogens is 4. The van der Waals surface area contributed by atoms with E-state index >= 15 is 0 Å². The topological polar surface area (TPSA) is 46.8 Å². The normalized spacial score (nSPS) is 15.6. The number of piperidine rings is 1. The number of anilines is 1. The van der Waals surface area contributed by atoms with Gasteiger partial charge in [0.1, 0.15) is 17.0 Å². The van der Waals surface area contributed by atoms with Crippen LogP contribution in [0.4, 0.5) is 5.82 Å². The molecule has 0 unspecified atom stereocenters. The first-order chi connectivity index (χ1) is 12.9. The molecule has 0 atom stereocenters. The average Bonchev–Trinajstić information content (AvgIpc) is 3.38. The third-order valence-corrected chi connectivity index (χ3v) is 6.12. The summed E-state index contributed by atoms with van der Waals surface area (Å²) >= 11 is 1.74. The Morgan fingerprint density at radius 2 is 1.85 bits per heavy atom. The summed E-state index contributed by atoms with van der Waals surface area (Å²) in [5.41, 5.74) is 1.24. The molecule has 26 heavy (non-hydrogen) atoms. The molecule has 5 rings (SSSR count). The van der Waals surface area contributed by atoms with Crippen LogP contribution in [0.5, 0.6) is 0 Å². The van der Waals surface area contributed by atoms with Gasteiger partial charge in [-0.15, -0.1) is 11.3 Å². The minimum Gasteiger partial charge on any atom is -0.356 e. The predicted molar refractivity (Wildman–Crippen MR) is 106 cm³/mol. The van der Waals surface area contributed by atoms with Gasteiger partial charge >= 0.3 is 0 Å². The molecule has 1 saturated heterocycles. The summed E-state index contributed by atoms with van der Waals surface area (Å²) in [5, 5.41) is 5.56. The number of benzene rings is 1. The minimum atomic E-state index is 0.487. The molecular weight excluding hydrogens is 342 g/mol. The lowest BCUT2D eigenvalue weighted by Gasteiger charge is -2.33. The zero-order valence-electron chi connectivity index (χ0n) is 14.3. The van der Waals surface area contributed by atoms with Crippen molar-refractivity contribution in [1.82, 2.24) is 19.7 Å². The van der Waals surface area contributed by atoms with Crippen molar-refractivity contribution in [2.45, 2.75) is 18.9 Å². The maximum Gasteiger partial charge on any atom is 0.140 e. The Bertz CT molecular complexity index is 1000. The third kappa shape index (κ3) is 2.76. The monoisotopic (exact) mass is 361 g/mol. The zero-order chi connectivity index (χ0) is 17.3. The lowest BCUT2D eigenvalue weighted by atomic mass is 10.1. The van der Waals surface area contributed by atoms with E-state index in [0.717, 1.165) is 42.0 Å². The molecule has 4 aromatic rings. The van der Waals surface area contributed by atoms with Crippen molar-refractivity contribution in [1.29, 1.82) is 0 Å². The molecule has 4 heterocycles. The van der Waals surface area contributed by atoms with Crippen LogP contribution in [0.15, 0.2) is 61.2 Å². The Hall–Kier alpha value is -2.73. The Balaban J connectivity index is 1.43. The van der Waals surface area contributed by atoms with Crippen molar-refractivity contribution < 1.29 is 0 Å². The van der Waals surface area contributed by atoms with Gasteiger partial charge in [0, 0.05) is 30.4 Å². The summed E-state index contributed by atoms with van der Waals surface area (Å²) in [7, 11) is 0. The van der Waals surface area contributed by atoms with E-state index in [1.807, 2.05) is 18.3 Å². The van der Waals surface area contributed by atoms with Crippen LogP contribution in [0.1, 0.15) is 18.9 Å². The molecular formula is C20H19N5S. The van der Waals surface area contributed by atoms with Gasteiger partial charge in [-0.05, 0) is 30.5 Å². The van der Waals surface area contributed by atoms with E-state index in [2.05, 4.69) is 61.2 Å². The fraction of sp³-hybridized carbons (Fsp3) is 0.250. The lowest BCUT2D eigenvalue weighted by molar-refractivity contribution is 0.366. The maximum atomic E-state index is 4.62. The Morgan fingerprint density at radius 3 is 2.62 bits per heavy atom. The molecule has 1 fully saturated rings. The average molecular weight is 361 g/mol. The van der Waals surface area contributed by atoms with E-state index in [1.165, 1.54) is 10.4 Å². The van der Waals surface area contributed by atoms with Crippen LogP contribution in [0, 0.1) is 0 Å². The van der Waals surface area contributed by atoms with E-state index in [4.69, 9.17) is 0 Å². The number of nitrogens with zero attached hydrogens (tertiary/aromatic N) is 5. The Labute approximate surface area is 155 Å². The van der Waals surface area contributed by atoms with Gasteiger partial charge < -0.3 is 4.90 Å². The first kappa shape index (κ1) is 15.5. The second-order valence-corrected chi connectivity index (χ2v) is 7.63. The number of hydrogen-bond acceptors (Lipinski definition) is 5. The van der Waals surface area contributed by atoms with E-state index in [1.54, 1.807) is 17.7 Å². The molecule has 0 spiro atoms. The van der Waals surface area contributed by atoms with Crippen LogP contribution < -0.4 is 4.90 Å². The Kier molecular flexibility index (Phi) is 3.90. The fourth-order valence-electron chi connectivity index (χ4n) is 3.68. The third-order valence-electron chi connectivity index (χ3n) is 5.03. The van der Waals surface area contributed by atoms with E-state index in [9.17, 15) is 0 Å². The van der Waals surface area contributed by atoms with Crippen LogP contribution >= 0.6 is 11.3 Å². The SMILES string of the molecule is c1ccc(-c2cc3c(N4CCC(n5cccn5)CC4)ncnc3s2)cc1. The fourth-order valence-corrected chi connectivity index (χ4v) is 4.68. The number of hydrogen-bond donors (Lipinski definition) is 0.